The van der Waals surface area contributed by atoms with Crippen LogP contribution in [0.1, 0.15) is 12.5 Å². The lowest BCUT2D eigenvalue weighted by Gasteiger charge is -2.05. The predicted molar refractivity (Wildman–Crippen MR) is 94.9 cm³/mol. The van der Waals surface area contributed by atoms with Crippen LogP contribution in [0.15, 0.2) is 46.9 Å². The molecule has 0 spiro atoms. The number of anilines is 1. The van der Waals surface area contributed by atoms with E-state index in [9.17, 15) is 4.79 Å². The number of carbonyl (C=O) groups is 1. The highest BCUT2D eigenvalue weighted by Gasteiger charge is 2.09. The van der Waals surface area contributed by atoms with Crippen LogP contribution in [0.3, 0.4) is 0 Å². The van der Waals surface area contributed by atoms with Gasteiger partial charge < -0.3 is 10.3 Å². The standard InChI is InChI=1S/C16H16N4OS2/c1-2-11-5-7-12(8-6-11)17-14(21)10-23-16-18-15(19-20-16)13-4-3-9-22-13/h3-9H,2,10H2,1H3,(H,17,21)(H,18,19,20). The number of rotatable bonds is 6. The number of thioether (sulfide) groups is 1. The number of H-pyrrole nitrogens is 1. The Labute approximate surface area is 142 Å². The minimum absolute atomic E-state index is 0.0617. The zero-order chi connectivity index (χ0) is 16.1. The van der Waals surface area contributed by atoms with Crippen LogP contribution in [-0.2, 0) is 11.2 Å². The second kappa shape index (κ2) is 7.43. The van der Waals surface area contributed by atoms with E-state index < -0.39 is 0 Å². The van der Waals surface area contributed by atoms with Crippen molar-refractivity contribution in [2.45, 2.75) is 18.5 Å². The number of carbonyl (C=O) groups excluding carboxylic acids is 1. The van der Waals surface area contributed by atoms with Crippen LogP contribution in [0.2, 0.25) is 0 Å². The summed E-state index contributed by atoms with van der Waals surface area (Å²) in [7, 11) is 0. The Morgan fingerprint density at radius 1 is 1.26 bits per heavy atom. The van der Waals surface area contributed by atoms with Crippen molar-refractivity contribution < 1.29 is 4.79 Å². The van der Waals surface area contributed by atoms with Gasteiger partial charge in [0.05, 0.1) is 10.6 Å². The third-order valence-corrected chi connectivity index (χ3v) is 4.95. The number of thiophene rings is 1. The minimum Gasteiger partial charge on any atom is -0.325 e. The van der Waals surface area contributed by atoms with Gasteiger partial charge in [0, 0.05) is 5.69 Å². The summed E-state index contributed by atoms with van der Waals surface area (Å²) in [6.07, 6.45) is 0.988. The average molecular weight is 344 g/mol. The number of hydrogen-bond donors (Lipinski definition) is 2. The molecule has 0 unspecified atom stereocenters. The number of aryl methyl sites for hydroxylation is 1. The number of benzene rings is 1. The van der Waals surface area contributed by atoms with Crippen molar-refractivity contribution in [3.8, 4) is 10.7 Å². The van der Waals surface area contributed by atoms with Gasteiger partial charge in [0.25, 0.3) is 0 Å². The van der Waals surface area contributed by atoms with Gasteiger partial charge in [-0.1, -0.05) is 36.9 Å². The van der Waals surface area contributed by atoms with E-state index in [-0.39, 0.29) is 11.7 Å². The number of aromatic amines is 1. The highest BCUT2D eigenvalue weighted by atomic mass is 32.2. The molecule has 0 aliphatic heterocycles. The fourth-order valence-electron chi connectivity index (χ4n) is 1.99. The van der Waals surface area contributed by atoms with E-state index in [2.05, 4.69) is 27.4 Å². The molecule has 2 heterocycles. The monoisotopic (exact) mass is 344 g/mol. The van der Waals surface area contributed by atoms with Crippen LogP contribution in [0.5, 0.6) is 0 Å². The lowest BCUT2D eigenvalue weighted by molar-refractivity contribution is -0.113. The van der Waals surface area contributed by atoms with Crippen LogP contribution in [0, 0.1) is 0 Å². The summed E-state index contributed by atoms with van der Waals surface area (Å²) in [6, 6.07) is 11.8. The van der Waals surface area contributed by atoms with E-state index in [1.165, 1.54) is 17.3 Å². The first-order chi connectivity index (χ1) is 11.2. The van der Waals surface area contributed by atoms with E-state index in [1.807, 2.05) is 41.8 Å². The maximum Gasteiger partial charge on any atom is 0.234 e. The minimum atomic E-state index is -0.0617. The van der Waals surface area contributed by atoms with Crippen molar-refractivity contribution in [2.75, 3.05) is 11.1 Å². The molecule has 2 N–H and O–H groups in total. The summed E-state index contributed by atoms with van der Waals surface area (Å²) in [5.74, 6) is 0.959. The van der Waals surface area contributed by atoms with Gasteiger partial charge in [0.15, 0.2) is 11.0 Å². The van der Waals surface area contributed by atoms with Crippen LogP contribution < -0.4 is 5.32 Å². The molecule has 3 aromatic rings. The highest BCUT2D eigenvalue weighted by Crippen LogP contribution is 2.23. The summed E-state index contributed by atoms with van der Waals surface area (Å²) in [4.78, 5) is 16.1. The fraction of sp³-hybridized carbons (Fsp3) is 0.188. The summed E-state index contributed by atoms with van der Waals surface area (Å²) >= 11 is 2.93. The van der Waals surface area contributed by atoms with E-state index >= 15 is 0 Å². The Hall–Kier alpha value is -2.12. The number of aromatic nitrogens is 3. The summed E-state index contributed by atoms with van der Waals surface area (Å²) in [5, 5.41) is 13.7. The van der Waals surface area contributed by atoms with Gasteiger partial charge in [0.1, 0.15) is 0 Å². The summed E-state index contributed by atoms with van der Waals surface area (Å²) in [5.41, 5.74) is 2.06. The van der Waals surface area contributed by atoms with Gasteiger partial charge in [-0.3, -0.25) is 4.79 Å². The highest BCUT2D eigenvalue weighted by molar-refractivity contribution is 7.99. The molecule has 0 atom stereocenters. The first-order valence-electron chi connectivity index (χ1n) is 7.22. The molecule has 0 bridgehead atoms. The molecule has 0 aliphatic rings. The maximum atomic E-state index is 12.0. The Morgan fingerprint density at radius 3 is 2.78 bits per heavy atom. The molecule has 3 rings (SSSR count). The SMILES string of the molecule is CCc1ccc(NC(=O)CSc2nnc(-c3cccs3)[nH]2)cc1. The third kappa shape index (κ3) is 4.20. The van der Waals surface area contributed by atoms with Crippen LogP contribution >= 0.6 is 23.1 Å². The zero-order valence-electron chi connectivity index (χ0n) is 12.6. The normalized spacial score (nSPS) is 10.7. The Bertz CT molecular complexity index is 766. The van der Waals surface area contributed by atoms with E-state index in [4.69, 9.17) is 0 Å². The van der Waals surface area contributed by atoms with Gasteiger partial charge in [-0.15, -0.1) is 21.5 Å². The number of amides is 1. The second-order valence-electron chi connectivity index (χ2n) is 4.84. The van der Waals surface area contributed by atoms with Crippen molar-refractivity contribution in [1.82, 2.24) is 15.2 Å². The number of nitrogens with one attached hydrogen (secondary N) is 2. The molecule has 0 saturated heterocycles. The molecule has 5 nitrogen and oxygen atoms in total. The predicted octanol–water partition coefficient (Wildman–Crippen LogP) is 3.83. The molecular weight excluding hydrogens is 328 g/mol. The molecule has 118 valence electrons. The molecule has 1 amide bonds. The summed E-state index contributed by atoms with van der Waals surface area (Å²) < 4.78 is 0. The topological polar surface area (TPSA) is 70.7 Å². The Morgan fingerprint density at radius 2 is 2.09 bits per heavy atom. The molecule has 0 radical (unpaired) electrons. The molecular formula is C16H16N4OS2. The molecule has 0 aliphatic carbocycles. The van der Waals surface area contributed by atoms with Crippen molar-refractivity contribution in [1.29, 1.82) is 0 Å². The van der Waals surface area contributed by atoms with Gasteiger partial charge in [-0.05, 0) is 35.6 Å². The first-order valence-corrected chi connectivity index (χ1v) is 9.09. The largest absolute Gasteiger partial charge is 0.325 e. The third-order valence-electron chi connectivity index (χ3n) is 3.21. The van der Waals surface area contributed by atoms with Gasteiger partial charge in [0.2, 0.25) is 5.91 Å². The molecule has 2 aromatic heterocycles. The second-order valence-corrected chi connectivity index (χ2v) is 6.76. The van der Waals surface area contributed by atoms with Crippen molar-refractivity contribution in [3.63, 3.8) is 0 Å². The first kappa shape index (κ1) is 15.8. The maximum absolute atomic E-state index is 12.0. The Kier molecular flexibility index (Phi) is 5.09. The van der Waals surface area contributed by atoms with E-state index in [1.54, 1.807) is 11.3 Å². The molecule has 23 heavy (non-hydrogen) atoms. The zero-order valence-corrected chi connectivity index (χ0v) is 14.2. The van der Waals surface area contributed by atoms with Gasteiger partial charge in [-0.2, -0.15) is 0 Å². The van der Waals surface area contributed by atoms with Crippen LogP contribution in [0.25, 0.3) is 10.7 Å². The van der Waals surface area contributed by atoms with Crippen LogP contribution in [0.4, 0.5) is 5.69 Å². The van der Waals surface area contributed by atoms with Gasteiger partial charge in [-0.25, -0.2) is 0 Å². The lowest BCUT2D eigenvalue weighted by Crippen LogP contribution is -2.14. The molecule has 0 fully saturated rings. The quantitative estimate of drug-likeness (QED) is 0.667. The number of nitrogens with zero attached hydrogens (tertiary/aromatic N) is 2. The van der Waals surface area contributed by atoms with E-state index in [0.717, 1.165) is 22.8 Å². The fourth-order valence-corrected chi connectivity index (χ4v) is 3.26. The van der Waals surface area contributed by atoms with Crippen molar-refractivity contribution >= 4 is 34.7 Å². The van der Waals surface area contributed by atoms with E-state index in [0.29, 0.717) is 5.16 Å². The average Bonchev–Trinajstić information content (AvgIpc) is 3.25. The molecule has 1 aromatic carbocycles. The Balaban J connectivity index is 1.52. The van der Waals surface area contributed by atoms with Gasteiger partial charge >= 0.3 is 0 Å². The molecule has 0 saturated carbocycles. The molecule has 7 heteroatoms. The smallest absolute Gasteiger partial charge is 0.234 e. The van der Waals surface area contributed by atoms with Crippen molar-refractivity contribution in [3.05, 3.63) is 47.3 Å². The lowest BCUT2D eigenvalue weighted by atomic mass is 10.1. The van der Waals surface area contributed by atoms with Crippen molar-refractivity contribution in [2.24, 2.45) is 0 Å². The van der Waals surface area contributed by atoms with Crippen LogP contribution in [-0.4, -0.2) is 26.8 Å². The number of hydrogen-bond acceptors (Lipinski definition) is 5. The summed E-state index contributed by atoms with van der Waals surface area (Å²) in [6.45, 7) is 2.10.